The van der Waals surface area contributed by atoms with E-state index in [9.17, 15) is 4.39 Å². The van der Waals surface area contributed by atoms with E-state index in [-0.39, 0.29) is 29.8 Å². The molecule has 0 aliphatic heterocycles. The Labute approximate surface area is 152 Å². The van der Waals surface area contributed by atoms with Gasteiger partial charge in [-0.3, -0.25) is 0 Å². The van der Waals surface area contributed by atoms with Crippen molar-refractivity contribution >= 4 is 29.9 Å². The molecule has 1 fully saturated rings. The number of rotatable bonds is 5. The lowest BCUT2D eigenvalue weighted by molar-refractivity contribution is 0.615. The summed E-state index contributed by atoms with van der Waals surface area (Å²) < 4.78 is 15.8. The maximum absolute atomic E-state index is 14.2. The van der Waals surface area contributed by atoms with Gasteiger partial charge in [0.15, 0.2) is 5.96 Å². The van der Waals surface area contributed by atoms with Crippen molar-refractivity contribution in [3.05, 3.63) is 48.3 Å². The molecule has 0 amide bonds. The van der Waals surface area contributed by atoms with E-state index in [0.29, 0.717) is 18.3 Å². The van der Waals surface area contributed by atoms with Crippen LogP contribution in [0.25, 0.3) is 5.69 Å². The van der Waals surface area contributed by atoms with Crippen LogP contribution >= 0.6 is 24.0 Å². The highest BCUT2D eigenvalue weighted by atomic mass is 127. The second kappa shape index (κ2) is 8.28. The minimum Gasteiger partial charge on any atom is -0.357 e. The molecule has 1 aliphatic carbocycles. The fourth-order valence-corrected chi connectivity index (χ4v) is 2.17. The van der Waals surface area contributed by atoms with Crippen molar-refractivity contribution in [3.8, 4) is 5.69 Å². The van der Waals surface area contributed by atoms with Gasteiger partial charge in [0.2, 0.25) is 0 Å². The number of hydrogen-bond donors (Lipinski definition) is 2. The number of imidazole rings is 1. The van der Waals surface area contributed by atoms with Crippen molar-refractivity contribution in [2.75, 3.05) is 6.54 Å². The van der Waals surface area contributed by atoms with Gasteiger partial charge < -0.3 is 15.2 Å². The highest BCUT2D eigenvalue weighted by Crippen LogP contribution is 2.18. The van der Waals surface area contributed by atoms with Gasteiger partial charge in [0.25, 0.3) is 0 Å². The molecule has 7 heteroatoms. The molecule has 23 heavy (non-hydrogen) atoms. The zero-order valence-corrected chi connectivity index (χ0v) is 15.3. The maximum atomic E-state index is 14.2. The van der Waals surface area contributed by atoms with E-state index in [0.717, 1.165) is 18.1 Å². The molecule has 2 N–H and O–H groups in total. The van der Waals surface area contributed by atoms with E-state index in [1.165, 1.54) is 18.9 Å². The van der Waals surface area contributed by atoms with Crippen molar-refractivity contribution < 1.29 is 4.39 Å². The molecule has 1 aromatic carbocycles. The monoisotopic (exact) mass is 429 g/mol. The minimum absolute atomic E-state index is 0. The molecular formula is C16H21FIN5. The molecule has 0 radical (unpaired) electrons. The molecule has 0 spiro atoms. The molecule has 1 heterocycles. The second-order valence-corrected chi connectivity index (χ2v) is 5.37. The molecule has 0 bridgehead atoms. The molecule has 3 rings (SSSR count). The third kappa shape index (κ3) is 4.92. The van der Waals surface area contributed by atoms with E-state index in [2.05, 4.69) is 20.6 Å². The minimum atomic E-state index is -0.272. The van der Waals surface area contributed by atoms with Crippen LogP contribution in [-0.4, -0.2) is 28.1 Å². The summed E-state index contributed by atoms with van der Waals surface area (Å²) >= 11 is 0. The first-order valence-electron chi connectivity index (χ1n) is 7.58. The predicted molar refractivity (Wildman–Crippen MR) is 99.9 cm³/mol. The normalized spacial score (nSPS) is 14.3. The molecule has 0 saturated heterocycles. The smallest absolute Gasteiger partial charge is 0.191 e. The summed E-state index contributed by atoms with van der Waals surface area (Å²) in [7, 11) is 0. The first kappa shape index (κ1) is 17.7. The van der Waals surface area contributed by atoms with Gasteiger partial charge in [0, 0.05) is 25.0 Å². The van der Waals surface area contributed by atoms with Crippen molar-refractivity contribution in [2.24, 2.45) is 4.99 Å². The Morgan fingerprint density at radius 2 is 2.26 bits per heavy atom. The highest BCUT2D eigenvalue weighted by molar-refractivity contribution is 14.0. The fraction of sp³-hybridized carbons (Fsp3) is 0.375. The number of aliphatic imine (C=N–C) groups is 1. The SMILES string of the molecule is CCNC(=NCc1ccc(-n2ccnc2)c(F)c1)NC1CC1.I. The van der Waals surface area contributed by atoms with Gasteiger partial charge >= 0.3 is 0 Å². The van der Waals surface area contributed by atoms with Crippen molar-refractivity contribution in [1.29, 1.82) is 0 Å². The van der Waals surface area contributed by atoms with Gasteiger partial charge in [-0.05, 0) is 37.5 Å². The highest BCUT2D eigenvalue weighted by Gasteiger charge is 2.22. The quantitative estimate of drug-likeness (QED) is 0.437. The van der Waals surface area contributed by atoms with Crippen LogP contribution in [0.1, 0.15) is 25.3 Å². The third-order valence-electron chi connectivity index (χ3n) is 3.48. The largest absolute Gasteiger partial charge is 0.357 e. The summed E-state index contributed by atoms with van der Waals surface area (Å²) in [6.07, 6.45) is 7.32. The van der Waals surface area contributed by atoms with E-state index < -0.39 is 0 Å². The van der Waals surface area contributed by atoms with Gasteiger partial charge in [-0.25, -0.2) is 14.4 Å². The summed E-state index contributed by atoms with van der Waals surface area (Å²) in [5.74, 6) is 0.523. The summed E-state index contributed by atoms with van der Waals surface area (Å²) in [6.45, 7) is 3.29. The molecular weight excluding hydrogens is 408 g/mol. The van der Waals surface area contributed by atoms with E-state index >= 15 is 0 Å². The lowest BCUT2D eigenvalue weighted by Gasteiger charge is -2.10. The average Bonchev–Trinajstić information content (AvgIpc) is 3.16. The Morgan fingerprint density at radius 1 is 1.43 bits per heavy atom. The number of benzene rings is 1. The number of halogens is 2. The number of nitrogens with one attached hydrogen (secondary N) is 2. The fourth-order valence-electron chi connectivity index (χ4n) is 2.17. The molecule has 1 aromatic heterocycles. The number of aromatic nitrogens is 2. The van der Waals surface area contributed by atoms with Crippen LogP contribution in [0.3, 0.4) is 0 Å². The maximum Gasteiger partial charge on any atom is 0.191 e. The Kier molecular flexibility index (Phi) is 6.37. The van der Waals surface area contributed by atoms with Crippen LogP contribution in [0.4, 0.5) is 4.39 Å². The first-order valence-corrected chi connectivity index (χ1v) is 7.58. The van der Waals surface area contributed by atoms with Gasteiger partial charge in [-0.1, -0.05) is 6.07 Å². The van der Waals surface area contributed by atoms with Gasteiger partial charge in [0.1, 0.15) is 5.82 Å². The molecule has 0 unspecified atom stereocenters. The van der Waals surface area contributed by atoms with Crippen LogP contribution in [0.5, 0.6) is 0 Å². The molecule has 5 nitrogen and oxygen atoms in total. The van der Waals surface area contributed by atoms with Crippen molar-refractivity contribution in [2.45, 2.75) is 32.4 Å². The summed E-state index contributed by atoms with van der Waals surface area (Å²) in [5, 5.41) is 6.55. The Bertz CT molecular complexity index is 652. The van der Waals surface area contributed by atoms with Crippen LogP contribution < -0.4 is 10.6 Å². The van der Waals surface area contributed by atoms with Crippen molar-refractivity contribution in [1.82, 2.24) is 20.2 Å². The average molecular weight is 429 g/mol. The Morgan fingerprint density at radius 3 is 2.87 bits per heavy atom. The standard InChI is InChI=1S/C16H20FN5.HI/c1-2-19-16(21-13-4-5-13)20-10-12-3-6-15(14(17)9-12)22-8-7-18-11-22;/h3,6-9,11,13H,2,4-5,10H2,1H3,(H2,19,20,21);1H. The summed E-state index contributed by atoms with van der Waals surface area (Å²) in [5.41, 5.74) is 1.34. The third-order valence-corrected chi connectivity index (χ3v) is 3.48. The molecule has 124 valence electrons. The van der Waals surface area contributed by atoms with Crippen LogP contribution in [0.2, 0.25) is 0 Å². The van der Waals surface area contributed by atoms with Gasteiger partial charge in [0.05, 0.1) is 18.6 Å². The molecule has 0 atom stereocenters. The summed E-state index contributed by atoms with van der Waals surface area (Å²) in [4.78, 5) is 8.44. The van der Waals surface area contributed by atoms with Crippen molar-refractivity contribution in [3.63, 3.8) is 0 Å². The molecule has 1 aliphatic rings. The molecule has 1 saturated carbocycles. The lowest BCUT2D eigenvalue weighted by atomic mass is 10.2. The van der Waals surface area contributed by atoms with Crippen LogP contribution in [0.15, 0.2) is 41.9 Å². The van der Waals surface area contributed by atoms with E-state index in [1.807, 2.05) is 13.0 Å². The van der Waals surface area contributed by atoms with Crippen LogP contribution in [0, 0.1) is 5.82 Å². The van der Waals surface area contributed by atoms with Gasteiger partial charge in [-0.15, -0.1) is 24.0 Å². The van der Waals surface area contributed by atoms with E-state index in [4.69, 9.17) is 0 Å². The zero-order chi connectivity index (χ0) is 15.4. The Hall–Kier alpha value is -1.64. The lowest BCUT2D eigenvalue weighted by Crippen LogP contribution is -2.38. The number of nitrogens with zero attached hydrogens (tertiary/aromatic N) is 3. The zero-order valence-electron chi connectivity index (χ0n) is 13.0. The second-order valence-electron chi connectivity index (χ2n) is 5.37. The number of hydrogen-bond acceptors (Lipinski definition) is 2. The summed E-state index contributed by atoms with van der Waals surface area (Å²) in [6, 6.07) is 5.71. The van der Waals surface area contributed by atoms with E-state index in [1.54, 1.807) is 29.4 Å². The number of guanidine groups is 1. The topological polar surface area (TPSA) is 54.2 Å². The molecule has 2 aromatic rings. The van der Waals surface area contributed by atoms with Crippen LogP contribution in [-0.2, 0) is 6.54 Å². The predicted octanol–water partition coefficient (Wildman–Crippen LogP) is 2.85. The van der Waals surface area contributed by atoms with Gasteiger partial charge in [-0.2, -0.15) is 0 Å². The Balaban J connectivity index is 0.00000192. The first-order chi connectivity index (χ1) is 10.8.